The van der Waals surface area contributed by atoms with Crippen LogP contribution in [0.1, 0.15) is 5.69 Å². The maximum atomic E-state index is 13.2. The lowest BCUT2D eigenvalue weighted by Gasteiger charge is -2.16. The van der Waals surface area contributed by atoms with Crippen LogP contribution in [0.15, 0.2) is 65.6 Å². The van der Waals surface area contributed by atoms with Crippen molar-refractivity contribution in [1.82, 2.24) is 4.98 Å². The van der Waals surface area contributed by atoms with Crippen LogP contribution in [0.25, 0.3) is 22.3 Å². The molecule has 0 radical (unpaired) electrons. The van der Waals surface area contributed by atoms with Crippen molar-refractivity contribution in [2.45, 2.75) is 11.1 Å². The quantitative estimate of drug-likeness (QED) is 0.632. The highest BCUT2D eigenvalue weighted by Crippen LogP contribution is 2.40. The van der Waals surface area contributed by atoms with Crippen molar-refractivity contribution in [2.75, 3.05) is 0 Å². The van der Waals surface area contributed by atoms with Crippen molar-refractivity contribution < 1.29 is 21.6 Å². The summed E-state index contributed by atoms with van der Waals surface area (Å²) in [4.78, 5) is 3.25. The van der Waals surface area contributed by atoms with E-state index in [-0.39, 0.29) is 26.7 Å². The molecule has 2 N–H and O–H groups in total. The number of aromatic nitrogens is 1. The average Bonchev–Trinajstić information content (AvgIpc) is 2.60. The van der Waals surface area contributed by atoms with Crippen LogP contribution in [0, 0.1) is 0 Å². The fraction of sp³-hybridized carbons (Fsp3) is 0.0556. The molecule has 0 spiro atoms. The zero-order valence-corrected chi connectivity index (χ0v) is 15.1. The lowest BCUT2D eigenvalue weighted by molar-refractivity contribution is -0.141. The van der Waals surface area contributed by atoms with E-state index < -0.39 is 21.9 Å². The zero-order chi connectivity index (χ0) is 19.8. The van der Waals surface area contributed by atoms with Gasteiger partial charge in [0.15, 0.2) is 0 Å². The summed E-state index contributed by atoms with van der Waals surface area (Å²) in [7, 11) is -4.03. The number of halogens is 4. The highest BCUT2D eigenvalue weighted by Gasteiger charge is 2.34. The van der Waals surface area contributed by atoms with E-state index in [2.05, 4.69) is 4.98 Å². The molecule has 3 rings (SSSR count). The summed E-state index contributed by atoms with van der Waals surface area (Å²) in [5.41, 5.74) is -0.0611. The molecule has 0 fully saturated rings. The Balaban J connectivity index is 2.35. The zero-order valence-electron chi connectivity index (χ0n) is 13.5. The lowest BCUT2D eigenvalue weighted by atomic mass is 9.95. The summed E-state index contributed by atoms with van der Waals surface area (Å²) in [6.45, 7) is 0. The summed E-state index contributed by atoms with van der Waals surface area (Å²) in [5.74, 6) is 0. The number of nitrogens with zero attached hydrogens (tertiary/aromatic N) is 1. The monoisotopic (exact) mass is 412 g/mol. The molecule has 27 heavy (non-hydrogen) atoms. The third kappa shape index (κ3) is 4.13. The van der Waals surface area contributed by atoms with Gasteiger partial charge in [-0.25, -0.2) is 18.5 Å². The fourth-order valence-electron chi connectivity index (χ4n) is 2.61. The van der Waals surface area contributed by atoms with Crippen molar-refractivity contribution in [3.63, 3.8) is 0 Å². The summed E-state index contributed by atoms with van der Waals surface area (Å²) in [6.07, 6.45) is -4.72. The first-order chi connectivity index (χ1) is 12.6. The summed E-state index contributed by atoms with van der Waals surface area (Å²) >= 11 is 6.10. The number of nitrogens with two attached hydrogens (primary N) is 1. The molecule has 0 unspecified atom stereocenters. The van der Waals surface area contributed by atoms with Gasteiger partial charge in [0.05, 0.1) is 4.90 Å². The molecule has 0 aliphatic heterocycles. The molecular weight excluding hydrogens is 401 g/mol. The van der Waals surface area contributed by atoms with Crippen LogP contribution in [-0.4, -0.2) is 13.4 Å². The Bertz CT molecular complexity index is 1100. The van der Waals surface area contributed by atoms with Gasteiger partial charge in [-0.3, -0.25) is 0 Å². The number of pyridine rings is 1. The van der Waals surface area contributed by atoms with Gasteiger partial charge in [0.1, 0.15) is 10.8 Å². The number of benzene rings is 2. The summed E-state index contributed by atoms with van der Waals surface area (Å²) in [6, 6.07) is 14.7. The van der Waals surface area contributed by atoms with Crippen molar-refractivity contribution in [3.05, 3.63) is 71.5 Å². The smallest absolute Gasteiger partial charge is 0.231 e. The molecule has 4 nitrogen and oxygen atoms in total. The Morgan fingerprint density at radius 2 is 1.56 bits per heavy atom. The molecular formula is C18H12ClF3N2O2S. The van der Waals surface area contributed by atoms with Crippen molar-refractivity contribution >= 4 is 21.6 Å². The number of primary sulfonamides is 1. The van der Waals surface area contributed by atoms with Gasteiger partial charge in [-0.15, -0.1) is 0 Å². The minimum absolute atomic E-state index is 0.0963. The molecule has 2 aromatic carbocycles. The Morgan fingerprint density at radius 1 is 0.926 bits per heavy atom. The first-order valence-electron chi connectivity index (χ1n) is 7.54. The maximum Gasteiger partial charge on any atom is 0.433 e. The fourth-order valence-corrected chi connectivity index (χ4v) is 3.47. The number of alkyl halides is 3. The summed E-state index contributed by atoms with van der Waals surface area (Å²) in [5, 5.41) is 4.80. The van der Waals surface area contributed by atoms with E-state index in [1.807, 2.05) is 0 Å². The van der Waals surface area contributed by atoms with E-state index in [0.717, 1.165) is 6.07 Å². The lowest BCUT2D eigenvalue weighted by Crippen LogP contribution is -2.12. The van der Waals surface area contributed by atoms with Gasteiger partial charge in [-0.1, -0.05) is 54.1 Å². The minimum atomic E-state index is -4.72. The first kappa shape index (κ1) is 19.3. The van der Waals surface area contributed by atoms with Gasteiger partial charge in [0.2, 0.25) is 10.0 Å². The molecule has 0 saturated heterocycles. The van der Waals surface area contributed by atoms with Gasteiger partial charge in [0, 0.05) is 5.56 Å². The summed E-state index contributed by atoms with van der Waals surface area (Å²) < 4.78 is 62.9. The van der Waals surface area contributed by atoms with Crippen LogP contribution in [0.3, 0.4) is 0 Å². The molecule has 140 valence electrons. The van der Waals surface area contributed by atoms with Gasteiger partial charge in [0.25, 0.3) is 0 Å². The second-order valence-electron chi connectivity index (χ2n) is 5.66. The number of hydrogen-bond donors (Lipinski definition) is 1. The Labute approximate surface area is 158 Å². The molecule has 0 atom stereocenters. The Hall–Kier alpha value is -2.42. The van der Waals surface area contributed by atoms with E-state index in [4.69, 9.17) is 16.7 Å². The third-order valence-electron chi connectivity index (χ3n) is 3.80. The highest BCUT2D eigenvalue weighted by atomic mass is 35.5. The first-order valence-corrected chi connectivity index (χ1v) is 9.46. The molecule has 3 aromatic rings. The molecule has 0 aliphatic rings. The molecule has 1 heterocycles. The SMILES string of the molecule is NS(=O)(=O)c1cccc(-c2cc(C(F)(F)F)nc(Cl)c2-c2ccccc2)c1. The largest absolute Gasteiger partial charge is 0.433 e. The number of sulfonamides is 1. The van der Waals surface area contributed by atoms with Crippen molar-refractivity contribution in [1.29, 1.82) is 0 Å². The number of hydrogen-bond acceptors (Lipinski definition) is 3. The van der Waals surface area contributed by atoms with Crippen LogP contribution in [0.4, 0.5) is 13.2 Å². The molecule has 0 bridgehead atoms. The molecule has 0 saturated carbocycles. The van der Waals surface area contributed by atoms with Crippen molar-refractivity contribution in [2.24, 2.45) is 5.14 Å². The molecule has 9 heteroatoms. The standard InChI is InChI=1S/C18H12ClF3N2O2S/c19-17-16(11-5-2-1-3-6-11)14(10-15(24-17)18(20,21)22)12-7-4-8-13(9-12)27(23,25)26/h1-10H,(H2,23,25,26). The molecule has 0 amide bonds. The predicted molar refractivity (Wildman–Crippen MR) is 96.5 cm³/mol. The van der Waals surface area contributed by atoms with Gasteiger partial charge in [-0.05, 0) is 34.9 Å². The second-order valence-corrected chi connectivity index (χ2v) is 7.58. The van der Waals surface area contributed by atoms with E-state index >= 15 is 0 Å². The Morgan fingerprint density at radius 3 is 2.15 bits per heavy atom. The topological polar surface area (TPSA) is 73.1 Å². The molecule has 1 aromatic heterocycles. The van der Waals surface area contributed by atoms with Crippen molar-refractivity contribution in [3.8, 4) is 22.3 Å². The van der Waals surface area contributed by atoms with E-state index in [9.17, 15) is 21.6 Å². The number of rotatable bonds is 3. The van der Waals surface area contributed by atoms with Gasteiger partial charge >= 0.3 is 6.18 Å². The van der Waals surface area contributed by atoms with Crippen LogP contribution < -0.4 is 5.14 Å². The van der Waals surface area contributed by atoms with Crippen LogP contribution in [0.2, 0.25) is 5.15 Å². The van der Waals surface area contributed by atoms with Crippen LogP contribution >= 0.6 is 11.6 Å². The van der Waals surface area contributed by atoms with E-state index in [1.54, 1.807) is 30.3 Å². The normalized spacial score (nSPS) is 12.2. The highest BCUT2D eigenvalue weighted by molar-refractivity contribution is 7.89. The second kappa shape index (κ2) is 6.95. The van der Waals surface area contributed by atoms with E-state index in [0.29, 0.717) is 5.56 Å². The predicted octanol–water partition coefficient (Wildman–Crippen LogP) is 4.74. The van der Waals surface area contributed by atoms with Crippen LogP contribution in [0.5, 0.6) is 0 Å². The third-order valence-corrected chi connectivity index (χ3v) is 4.99. The van der Waals surface area contributed by atoms with Gasteiger partial charge < -0.3 is 0 Å². The maximum absolute atomic E-state index is 13.2. The average molecular weight is 413 g/mol. The Kier molecular flexibility index (Phi) is 4.98. The van der Waals surface area contributed by atoms with Crippen LogP contribution in [-0.2, 0) is 16.2 Å². The van der Waals surface area contributed by atoms with Gasteiger partial charge in [-0.2, -0.15) is 13.2 Å². The molecule has 0 aliphatic carbocycles. The van der Waals surface area contributed by atoms with E-state index in [1.165, 1.54) is 24.3 Å². The minimum Gasteiger partial charge on any atom is -0.231 e.